The van der Waals surface area contributed by atoms with Crippen LogP contribution in [0.15, 0.2) is 42.5 Å². The number of halogens is 1. The van der Waals surface area contributed by atoms with E-state index < -0.39 is 5.82 Å². The Kier molecular flexibility index (Phi) is 4.36. The first kappa shape index (κ1) is 13.4. The Bertz CT molecular complexity index is 538. The fourth-order valence-corrected chi connectivity index (χ4v) is 1.68. The van der Waals surface area contributed by atoms with Crippen molar-refractivity contribution in [3.8, 4) is 11.5 Å². The molecule has 0 amide bonds. The monoisotopic (exact) mass is 262 g/mol. The second kappa shape index (κ2) is 6.20. The van der Waals surface area contributed by atoms with Crippen LogP contribution in [0.3, 0.4) is 0 Å². The van der Waals surface area contributed by atoms with Crippen LogP contribution in [0.4, 0.5) is 4.39 Å². The lowest BCUT2D eigenvalue weighted by Gasteiger charge is -2.08. The summed E-state index contributed by atoms with van der Waals surface area (Å²) in [5.74, 6) is 0.758. The molecule has 0 fully saturated rings. The van der Waals surface area contributed by atoms with Gasteiger partial charge in [-0.25, -0.2) is 4.39 Å². The van der Waals surface area contributed by atoms with E-state index in [2.05, 4.69) is 0 Å². The quantitative estimate of drug-likeness (QED) is 0.900. The molecular formula is C15H15FO3. The van der Waals surface area contributed by atoms with Gasteiger partial charge in [0.25, 0.3) is 0 Å². The Morgan fingerprint density at radius 3 is 2.37 bits per heavy atom. The maximum absolute atomic E-state index is 13.2. The molecular weight excluding hydrogens is 247 g/mol. The maximum atomic E-state index is 13.2. The highest BCUT2D eigenvalue weighted by Crippen LogP contribution is 2.19. The van der Waals surface area contributed by atoms with Crippen LogP contribution in [0.1, 0.15) is 11.1 Å². The van der Waals surface area contributed by atoms with E-state index in [0.29, 0.717) is 17.9 Å². The molecule has 2 aromatic carbocycles. The van der Waals surface area contributed by atoms with Crippen LogP contribution in [-0.4, -0.2) is 12.2 Å². The molecule has 0 atom stereocenters. The SMILES string of the molecule is COc1ccc(COc2cc(F)cc(CO)c2)cc1. The van der Waals surface area contributed by atoms with Gasteiger partial charge in [-0.2, -0.15) is 0 Å². The van der Waals surface area contributed by atoms with E-state index in [-0.39, 0.29) is 6.61 Å². The number of methoxy groups -OCH3 is 1. The molecule has 0 aliphatic carbocycles. The third-order valence-corrected chi connectivity index (χ3v) is 2.68. The van der Waals surface area contributed by atoms with E-state index in [1.165, 1.54) is 12.1 Å². The van der Waals surface area contributed by atoms with Crippen molar-refractivity contribution in [2.75, 3.05) is 7.11 Å². The van der Waals surface area contributed by atoms with Crippen LogP contribution in [-0.2, 0) is 13.2 Å². The van der Waals surface area contributed by atoms with Crippen LogP contribution >= 0.6 is 0 Å². The first-order valence-corrected chi connectivity index (χ1v) is 5.87. The highest BCUT2D eigenvalue weighted by Gasteiger charge is 2.02. The molecule has 3 nitrogen and oxygen atoms in total. The zero-order chi connectivity index (χ0) is 13.7. The number of benzene rings is 2. The number of hydrogen-bond acceptors (Lipinski definition) is 3. The smallest absolute Gasteiger partial charge is 0.127 e. The lowest BCUT2D eigenvalue weighted by atomic mass is 10.2. The van der Waals surface area contributed by atoms with Crippen molar-refractivity contribution in [3.05, 3.63) is 59.4 Å². The van der Waals surface area contributed by atoms with Gasteiger partial charge < -0.3 is 14.6 Å². The van der Waals surface area contributed by atoms with Crippen LogP contribution in [0.2, 0.25) is 0 Å². The van der Waals surface area contributed by atoms with Crippen LogP contribution in [0.5, 0.6) is 11.5 Å². The van der Waals surface area contributed by atoms with Crippen molar-refractivity contribution >= 4 is 0 Å². The average molecular weight is 262 g/mol. The molecule has 100 valence electrons. The second-order valence-corrected chi connectivity index (χ2v) is 4.09. The van der Waals surface area contributed by atoms with E-state index in [9.17, 15) is 4.39 Å². The highest BCUT2D eigenvalue weighted by molar-refractivity contribution is 5.30. The van der Waals surface area contributed by atoms with Gasteiger partial charge >= 0.3 is 0 Å². The van der Waals surface area contributed by atoms with Gasteiger partial charge in [0.2, 0.25) is 0 Å². The summed E-state index contributed by atoms with van der Waals surface area (Å²) in [6.07, 6.45) is 0. The van der Waals surface area contributed by atoms with Crippen molar-refractivity contribution in [2.45, 2.75) is 13.2 Å². The fourth-order valence-electron chi connectivity index (χ4n) is 1.68. The third kappa shape index (κ3) is 3.69. The van der Waals surface area contributed by atoms with Gasteiger partial charge in [-0.3, -0.25) is 0 Å². The molecule has 0 bridgehead atoms. The highest BCUT2D eigenvalue weighted by atomic mass is 19.1. The van der Waals surface area contributed by atoms with Crippen molar-refractivity contribution in [1.82, 2.24) is 0 Å². The Morgan fingerprint density at radius 1 is 1.00 bits per heavy atom. The number of hydrogen-bond donors (Lipinski definition) is 1. The topological polar surface area (TPSA) is 38.7 Å². The Labute approximate surface area is 111 Å². The van der Waals surface area contributed by atoms with E-state index >= 15 is 0 Å². The van der Waals surface area contributed by atoms with Crippen LogP contribution in [0.25, 0.3) is 0 Å². The molecule has 0 unspecified atom stereocenters. The summed E-state index contributed by atoms with van der Waals surface area (Å²) in [4.78, 5) is 0. The predicted molar refractivity (Wildman–Crippen MR) is 69.6 cm³/mol. The average Bonchev–Trinajstić information content (AvgIpc) is 2.45. The summed E-state index contributed by atoms with van der Waals surface area (Å²) in [7, 11) is 1.61. The van der Waals surface area contributed by atoms with E-state index in [1.54, 1.807) is 13.2 Å². The minimum atomic E-state index is -0.420. The molecule has 0 spiro atoms. The molecule has 1 N–H and O–H groups in total. The number of aliphatic hydroxyl groups is 1. The normalized spacial score (nSPS) is 10.3. The Balaban J connectivity index is 2.03. The molecule has 0 saturated heterocycles. The summed E-state index contributed by atoms with van der Waals surface area (Å²) >= 11 is 0. The molecule has 2 rings (SSSR count). The summed E-state index contributed by atoms with van der Waals surface area (Å²) in [6.45, 7) is 0.120. The van der Waals surface area contributed by atoms with E-state index in [1.807, 2.05) is 24.3 Å². The molecule has 0 radical (unpaired) electrons. The minimum Gasteiger partial charge on any atom is -0.497 e. The van der Waals surface area contributed by atoms with Gasteiger partial charge in [0.15, 0.2) is 0 Å². The lowest BCUT2D eigenvalue weighted by molar-refractivity contribution is 0.276. The molecule has 0 aliphatic rings. The summed E-state index contributed by atoms with van der Waals surface area (Å²) < 4.78 is 23.8. The molecule has 19 heavy (non-hydrogen) atoms. The molecule has 4 heteroatoms. The molecule has 0 aromatic heterocycles. The fraction of sp³-hybridized carbons (Fsp3) is 0.200. The minimum absolute atomic E-state index is 0.212. The van der Waals surface area contributed by atoms with Crippen LogP contribution < -0.4 is 9.47 Å². The van der Waals surface area contributed by atoms with E-state index in [0.717, 1.165) is 11.3 Å². The molecule has 0 heterocycles. The zero-order valence-electron chi connectivity index (χ0n) is 10.6. The van der Waals surface area contributed by atoms with Crippen molar-refractivity contribution in [3.63, 3.8) is 0 Å². The molecule has 2 aromatic rings. The summed E-state index contributed by atoms with van der Waals surface area (Å²) in [5.41, 5.74) is 1.44. The van der Waals surface area contributed by atoms with Gasteiger partial charge in [-0.05, 0) is 35.4 Å². The molecule has 0 saturated carbocycles. The third-order valence-electron chi connectivity index (χ3n) is 2.68. The largest absolute Gasteiger partial charge is 0.497 e. The zero-order valence-corrected chi connectivity index (χ0v) is 10.6. The van der Waals surface area contributed by atoms with E-state index in [4.69, 9.17) is 14.6 Å². The predicted octanol–water partition coefficient (Wildman–Crippen LogP) is 2.91. The van der Waals surface area contributed by atoms with Gasteiger partial charge in [-0.15, -0.1) is 0 Å². The van der Waals surface area contributed by atoms with Gasteiger partial charge in [0, 0.05) is 6.07 Å². The standard InChI is InChI=1S/C15H15FO3/c1-18-14-4-2-11(3-5-14)10-19-15-7-12(9-17)6-13(16)8-15/h2-8,17H,9-10H2,1H3. The second-order valence-electron chi connectivity index (χ2n) is 4.09. The van der Waals surface area contributed by atoms with Crippen LogP contribution in [0, 0.1) is 5.82 Å². The van der Waals surface area contributed by atoms with Crippen molar-refractivity contribution < 1.29 is 19.0 Å². The maximum Gasteiger partial charge on any atom is 0.127 e. The van der Waals surface area contributed by atoms with Gasteiger partial charge in [-0.1, -0.05) is 12.1 Å². The summed E-state index contributed by atoms with van der Waals surface area (Å²) in [5, 5.41) is 8.99. The number of aliphatic hydroxyl groups excluding tert-OH is 1. The Hall–Kier alpha value is -2.07. The number of rotatable bonds is 5. The van der Waals surface area contributed by atoms with Gasteiger partial charge in [0.05, 0.1) is 13.7 Å². The Morgan fingerprint density at radius 2 is 1.74 bits per heavy atom. The van der Waals surface area contributed by atoms with Crippen molar-refractivity contribution in [1.29, 1.82) is 0 Å². The first-order valence-electron chi connectivity index (χ1n) is 5.87. The summed E-state index contributed by atoms with van der Waals surface area (Å²) in [6, 6.07) is 11.6. The first-order chi connectivity index (χ1) is 9.21. The molecule has 0 aliphatic heterocycles. The van der Waals surface area contributed by atoms with Gasteiger partial charge in [0.1, 0.15) is 23.9 Å². The lowest BCUT2D eigenvalue weighted by Crippen LogP contribution is -1.97. The van der Waals surface area contributed by atoms with Crippen molar-refractivity contribution in [2.24, 2.45) is 0 Å². The number of ether oxygens (including phenoxy) is 2.